The number of para-hydroxylation sites is 4. The zero-order chi connectivity index (χ0) is 39.3. The van der Waals surface area contributed by atoms with Crippen molar-refractivity contribution in [2.75, 3.05) is 9.80 Å². The molecule has 0 amide bonds. The van der Waals surface area contributed by atoms with Crippen LogP contribution in [0.1, 0.15) is 11.1 Å². The lowest BCUT2D eigenvalue weighted by atomic mass is 9.98. The Balaban J connectivity index is 1.69. The molecule has 0 aliphatic carbocycles. The van der Waals surface area contributed by atoms with E-state index < -0.39 is 92.8 Å². The fraction of sp³-hybridized carbons (Fsp3) is 0.0526. The van der Waals surface area contributed by atoms with Gasteiger partial charge >= 0.3 is 12.4 Å². The lowest BCUT2D eigenvalue weighted by molar-refractivity contribution is -0.144. The fourth-order valence-corrected chi connectivity index (χ4v) is 5.85. The lowest BCUT2D eigenvalue weighted by Crippen LogP contribution is -2.22. The van der Waals surface area contributed by atoms with Gasteiger partial charge in [0.05, 0.1) is 11.4 Å². The molecule has 16 heteroatoms. The number of hydrogen-bond acceptors (Lipinski definition) is 2. The Bertz CT molecular complexity index is 2130. The van der Waals surface area contributed by atoms with Gasteiger partial charge in [-0.15, -0.1) is 0 Å². The third kappa shape index (κ3) is 6.45. The van der Waals surface area contributed by atoms with E-state index in [0.29, 0.717) is 9.80 Å². The van der Waals surface area contributed by atoms with Gasteiger partial charge in [-0.25, -0.2) is 35.1 Å². The Hall–Kier alpha value is -6.06. The van der Waals surface area contributed by atoms with E-state index in [1.165, 1.54) is 97.1 Å². The van der Waals surface area contributed by atoms with Crippen LogP contribution in [0.15, 0.2) is 109 Å². The maximum atomic E-state index is 15.8. The molecule has 2 nitrogen and oxygen atoms in total. The molecule has 0 fully saturated rings. The Morgan fingerprint density at radius 3 is 0.852 bits per heavy atom. The number of nitrogens with zero attached hydrogens (tertiary/aromatic N) is 2. The fourth-order valence-electron chi connectivity index (χ4n) is 5.85. The molecule has 278 valence electrons. The summed E-state index contributed by atoms with van der Waals surface area (Å²) in [6.45, 7) is 0. The van der Waals surface area contributed by atoms with Crippen molar-refractivity contribution in [1.29, 1.82) is 0 Å². The van der Waals surface area contributed by atoms with E-state index in [-0.39, 0.29) is 22.5 Å². The Morgan fingerprint density at radius 2 is 0.574 bits per heavy atom. The summed E-state index contributed by atoms with van der Waals surface area (Å²) in [5.41, 5.74) is -10.9. The van der Waals surface area contributed by atoms with Crippen LogP contribution in [0.25, 0.3) is 11.1 Å². The number of halogens is 14. The highest BCUT2D eigenvalue weighted by atomic mass is 19.4. The van der Waals surface area contributed by atoms with Gasteiger partial charge in [0.25, 0.3) is 0 Å². The summed E-state index contributed by atoms with van der Waals surface area (Å²) in [4.78, 5) is 1.04. The first-order valence-corrected chi connectivity index (χ1v) is 15.2. The van der Waals surface area contributed by atoms with E-state index >= 15 is 35.1 Å². The van der Waals surface area contributed by atoms with E-state index in [0.717, 1.165) is 12.1 Å². The molecule has 6 rings (SSSR count). The molecule has 0 aliphatic heterocycles. The van der Waals surface area contributed by atoms with Gasteiger partial charge in [-0.2, -0.15) is 26.3 Å². The summed E-state index contributed by atoms with van der Waals surface area (Å²) in [5.74, 6) is -20.9. The second kappa shape index (κ2) is 14.1. The van der Waals surface area contributed by atoms with Crippen molar-refractivity contribution in [1.82, 2.24) is 0 Å². The number of alkyl halides is 6. The van der Waals surface area contributed by atoms with Crippen LogP contribution in [0.3, 0.4) is 0 Å². The highest BCUT2D eigenvalue weighted by Gasteiger charge is 2.45. The third-order valence-electron chi connectivity index (χ3n) is 8.10. The van der Waals surface area contributed by atoms with Crippen molar-refractivity contribution in [3.8, 4) is 11.1 Å². The van der Waals surface area contributed by atoms with Crippen LogP contribution in [0.2, 0.25) is 0 Å². The molecule has 0 atom stereocenters. The zero-order valence-electron chi connectivity index (χ0n) is 26.6. The quantitative estimate of drug-likeness (QED) is 0.118. The summed E-state index contributed by atoms with van der Waals surface area (Å²) in [6, 6.07) is 22.5. The first-order valence-electron chi connectivity index (χ1n) is 15.2. The normalized spacial score (nSPS) is 11.9. The maximum absolute atomic E-state index is 15.8. The molecule has 0 bridgehead atoms. The van der Waals surface area contributed by atoms with Crippen LogP contribution in [0.5, 0.6) is 0 Å². The van der Waals surface area contributed by atoms with E-state index in [2.05, 4.69) is 0 Å². The predicted octanol–water partition coefficient (Wildman–Crippen LogP) is 13.4. The van der Waals surface area contributed by atoms with Gasteiger partial charge in [-0.3, -0.25) is 0 Å². The summed E-state index contributed by atoms with van der Waals surface area (Å²) < 4.78 is 204. The van der Waals surface area contributed by atoms with Crippen molar-refractivity contribution < 1.29 is 61.5 Å². The molecule has 0 N–H and O–H groups in total. The van der Waals surface area contributed by atoms with Crippen molar-refractivity contribution in [2.24, 2.45) is 0 Å². The Kier molecular flexibility index (Phi) is 9.81. The molecule has 6 aromatic rings. The topological polar surface area (TPSA) is 6.48 Å². The number of anilines is 6. The number of rotatable bonds is 7. The van der Waals surface area contributed by atoms with Crippen molar-refractivity contribution in [3.05, 3.63) is 167 Å². The van der Waals surface area contributed by atoms with Crippen LogP contribution in [-0.4, -0.2) is 0 Å². The van der Waals surface area contributed by atoms with E-state index in [1.54, 1.807) is 0 Å². The SMILES string of the molecule is Fc1c(F)c(C(F)(F)F)c(F)c(F)c1N(c1ccccc1)c1ccccc1-c1ccccc1N(c1ccccc1)c1c(F)c(F)c(C(F)(F)F)c(F)c1F. The summed E-state index contributed by atoms with van der Waals surface area (Å²) in [6.07, 6.45) is -11.7. The molecule has 0 spiro atoms. The minimum Gasteiger partial charge on any atom is -0.304 e. The molecule has 0 saturated heterocycles. The number of hydrogen-bond donors (Lipinski definition) is 0. The third-order valence-corrected chi connectivity index (χ3v) is 8.10. The average Bonchev–Trinajstić information content (AvgIpc) is 3.13. The molecular weight excluding hydrogens is 750 g/mol. The molecule has 0 unspecified atom stereocenters. The first kappa shape index (κ1) is 37.7. The molecule has 0 aromatic heterocycles. The highest BCUT2D eigenvalue weighted by molar-refractivity contribution is 5.95. The largest absolute Gasteiger partial charge is 0.422 e. The van der Waals surface area contributed by atoms with Crippen LogP contribution in [-0.2, 0) is 12.4 Å². The smallest absolute Gasteiger partial charge is 0.304 e. The van der Waals surface area contributed by atoms with Crippen LogP contribution in [0.4, 0.5) is 95.6 Å². The molecule has 0 heterocycles. The second-order valence-electron chi connectivity index (χ2n) is 11.3. The Morgan fingerprint density at radius 1 is 0.315 bits per heavy atom. The molecule has 0 radical (unpaired) electrons. The van der Waals surface area contributed by atoms with E-state index in [9.17, 15) is 26.3 Å². The lowest BCUT2D eigenvalue weighted by Gasteiger charge is -2.32. The van der Waals surface area contributed by atoms with Crippen molar-refractivity contribution in [2.45, 2.75) is 12.4 Å². The summed E-state index contributed by atoms with van der Waals surface area (Å²) >= 11 is 0. The molecule has 6 aromatic carbocycles. The van der Waals surface area contributed by atoms with Gasteiger partial charge in [-0.1, -0.05) is 72.8 Å². The molecule has 0 saturated carbocycles. The van der Waals surface area contributed by atoms with E-state index in [4.69, 9.17) is 0 Å². The first-order chi connectivity index (χ1) is 25.5. The predicted molar refractivity (Wildman–Crippen MR) is 171 cm³/mol. The standard InChI is InChI=1S/C38H18F14N2/c39-27-25(37(47,48)49)28(40)32(44)35(31(27)43)53(19-11-3-1-4-12-19)23-17-9-7-15-21(23)22-16-8-10-18-24(22)54(20-13-5-2-6-14-20)36-33(45)29(41)26(38(50,51)52)30(42)34(36)46/h1-18H. The molecule has 0 aliphatic rings. The minimum atomic E-state index is -5.87. The van der Waals surface area contributed by atoms with Gasteiger partial charge in [0.1, 0.15) is 22.5 Å². The van der Waals surface area contributed by atoms with Crippen LogP contribution < -0.4 is 9.80 Å². The number of benzene rings is 6. The van der Waals surface area contributed by atoms with Gasteiger partial charge in [0.2, 0.25) is 0 Å². The summed E-state index contributed by atoms with van der Waals surface area (Å²) in [5, 5.41) is 0. The average molecular weight is 769 g/mol. The van der Waals surface area contributed by atoms with E-state index in [1.807, 2.05) is 0 Å². The van der Waals surface area contributed by atoms with Crippen LogP contribution in [0, 0.1) is 46.5 Å². The molecular formula is C38H18F14N2. The molecule has 54 heavy (non-hydrogen) atoms. The minimum absolute atomic E-state index is 0.230. The second-order valence-corrected chi connectivity index (χ2v) is 11.3. The Labute approximate surface area is 295 Å². The van der Waals surface area contributed by atoms with Crippen LogP contribution >= 0.6 is 0 Å². The zero-order valence-corrected chi connectivity index (χ0v) is 26.6. The van der Waals surface area contributed by atoms with Gasteiger partial charge < -0.3 is 9.80 Å². The monoisotopic (exact) mass is 768 g/mol. The van der Waals surface area contributed by atoms with Gasteiger partial charge in [0, 0.05) is 22.5 Å². The van der Waals surface area contributed by atoms with Crippen molar-refractivity contribution >= 4 is 34.1 Å². The highest BCUT2D eigenvalue weighted by Crippen LogP contribution is 2.50. The van der Waals surface area contributed by atoms with Gasteiger partial charge in [-0.05, 0) is 36.4 Å². The van der Waals surface area contributed by atoms with Gasteiger partial charge in [0.15, 0.2) is 46.5 Å². The van der Waals surface area contributed by atoms with Crippen molar-refractivity contribution in [3.63, 3.8) is 0 Å². The maximum Gasteiger partial charge on any atom is 0.422 e. The summed E-state index contributed by atoms with van der Waals surface area (Å²) in [7, 11) is 0.